The van der Waals surface area contributed by atoms with E-state index in [2.05, 4.69) is 37.2 Å². The normalized spacial score (nSPS) is 18.1. The molecular formula is C17H21FN6. The van der Waals surface area contributed by atoms with Crippen molar-refractivity contribution in [1.29, 1.82) is 0 Å². The van der Waals surface area contributed by atoms with E-state index in [0.29, 0.717) is 36.9 Å². The fourth-order valence-corrected chi connectivity index (χ4v) is 3.11. The minimum absolute atomic E-state index is 0.290. The molecule has 0 amide bonds. The number of piperazine rings is 1. The van der Waals surface area contributed by atoms with Gasteiger partial charge in [-0.3, -0.25) is 0 Å². The Hall–Kier alpha value is -2.31. The van der Waals surface area contributed by atoms with Crippen LogP contribution in [0.25, 0.3) is 0 Å². The first-order valence-electron chi connectivity index (χ1n) is 8.59. The van der Waals surface area contributed by atoms with E-state index in [1.165, 1.54) is 19.2 Å². The van der Waals surface area contributed by atoms with E-state index in [-0.39, 0.29) is 5.82 Å². The number of aryl methyl sites for hydroxylation is 1. The number of hydrogen-bond donors (Lipinski definition) is 0. The van der Waals surface area contributed by atoms with Crippen molar-refractivity contribution in [3.63, 3.8) is 0 Å². The largest absolute Gasteiger partial charge is 0.352 e. The second kappa shape index (κ2) is 6.30. The van der Waals surface area contributed by atoms with Crippen LogP contribution >= 0.6 is 0 Å². The average Bonchev–Trinajstić information content (AvgIpc) is 3.48. The van der Waals surface area contributed by atoms with E-state index in [1.54, 1.807) is 0 Å². The van der Waals surface area contributed by atoms with Crippen LogP contribution < -0.4 is 9.80 Å². The Morgan fingerprint density at radius 2 is 1.79 bits per heavy atom. The molecule has 1 saturated carbocycles. The molecule has 6 nitrogen and oxygen atoms in total. The molecule has 3 heterocycles. The van der Waals surface area contributed by atoms with Crippen LogP contribution in [0.1, 0.15) is 37.1 Å². The average molecular weight is 328 g/mol. The second-order valence-corrected chi connectivity index (χ2v) is 6.38. The molecule has 2 aromatic rings. The molecule has 0 aromatic carbocycles. The Morgan fingerprint density at radius 1 is 1.04 bits per heavy atom. The van der Waals surface area contributed by atoms with E-state index in [0.717, 1.165) is 24.6 Å². The lowest BCUT2D eigenvalue weighted by Crippen LogP contribution is -2.47. The molecule has 2 aliphatic rings. The molecule has 1 aliphatic heterocycles. The van der Waals surface area contributed by atoms with E-state index in [1.807, 2.05) is 11.8 Å². The van der Waals surface area contributed by atoms with Crippen molar-refractivity contribution in [2.75, 3.05) is 36.0 Å². The standard InChI is InChI=1S/C17H21FN6/c1-2-13-16(18)17(20-11-19-13)24-9-7-23(8-10-24)15-6-5-14(21-22-15)12-3-4-12/h5-6,11-12H,2-4,7-10H2,1H3. The van der Waals surface area contributed by atoms with Gasteiger partial charge in [0.1, 0.15) is 6.33 Å². The van der Waals surface area contributed by atoms with Crippen LogP contribution in [0, 0.1) is 5.82 Å². The van der Waals surface area contributed by atoms with Crippen LogP contribution in [-0.4, -0.2) is 46.3 Å². The third kappa shape index (κ3) is 2.90. The Bertz CT molecular complexity index is 708. The van der Waals surface area contributed by atoms with Crippen molar-refractivity contribution in [2.45, 2.75) is 32.1 Å². The van der Waals surface area contributed by atoms with Gasteiger partial charge in [0.15, 0.2) is 17.5 Å². The SMILES string of the molecule is CCc1ncnc(N2CCN(c3ccc(C4CC4)nn3)CC2)c1F. The zero-order chi connectivity index (χ0) is 16.5. The van der Waals surface area contributed by atoms with Gasteiger partial charge in [-0.2, -0.15) is 5.10 Å². The van der Waals surface area contributed by atoms with Crippen LogP contribution in [0.2, 0.25) is 0 Å². The smallest absolute Gasteiger partial charge is 0.187 e. The molecule has 1 saturated heterocycles. The lowest BCUT2D eigenvalue weighted by atomic mass is 10.2. The van der Waals surface area contributed by atoms with Crippen molar-refractivity contribution in [3.8, 4) is 0 Å². The summed E-state index contributed by atoms with van der Waals surface area (Å²) in [6.07, 6.45) is 4.49. The van der Waals surface area contributed by atoms with Crippen LogP contribution in [0.5, 0.6) is 0 Å². The maximum atomic E-state index is 14.4. The summed E-state index contributed by atoms with van der Waals surface area (Å²) >= 11 is 0. The summed E-state index contributed by atoms with van der Waals surface area (Å²) in [5, 5.41) is 8.71. The minimum atomic E-state index is -0.290. The van der Waals surface area contributed by atoms with Crippen molar-refractivity contribution in [2.24, 2.45) is 0 Å². The molecular weight excluding hydrogens is 307 g/mol. The summed E-state index contributed by atoms with van der Waals surface area (Å²) in [6.45, 7) is 4.88. The maximum absolute atomic E-state index is 14.4. The van der Waals surface area contributed by atoms with Gasteiger partial charge >= 0.3 is 0 Å². The van der Waals surface area contributed by atoms with E-state index in [4.69, 9.17) is 0 Å². The first kappa shape index (κ1) is 15.2. The summed E-state index contributed by atoms with van der Waals surface area (Å²) < 4.78 is 14.4. The molecule has 0 spiro atoms. The monoisotopic (exact) mass is 328 g/mol. The molecule has 0 bridgehead atoms. The zero-order valence-corrected chi connectivity index (χ0v) is 13.8. The number of halogens is 1. The lowest BCUT2D eigenvalue weighted by molar-refractivity contribution is 0.567. The van der Waals surface area contributed by atoms with Crippen LogP contribution in [0.3, 0.4) is 0 Å². The summed E-state index contributed by atoms with van der Waals surface area (Å²) in [7, 11) is 0. The van der Waals surface area contributed by atoms with E-state index in [9.17, 15) is 4.39 Å². The molecule has 24 heavy (non-hydrogen) atoms. The van der Waals surface area contributed by atoms with Crippen LogP contribution in [-0.2, 0) is 6.42 Å². The molecule has 0 atom stereocenters. The predicted molar refractivity (Wildman–Crippen MR) is 89.8 cm³/mol. The highest BCUT2D eigenvalue weighted by molar-refractivity contribution is 5.46. The van der Waals surface area contributed by atoms with Crippen molar-refractivity contribution < 1.29 is 4.39 Å². The van der Waals surface area contributed by atoms with Gasteiger partial charge < -0.3 is 9.80 Å². The second-order valence-electron chi connectivity index (χ2n) is 6.38. The summed E-state index contributed by atoms with van der Waals surface area (Å²) in [6, 6.07) is 4.14. The Balaban J connectivity index is 1.43. The molecule has 1 aliphatic carbocycles. The predicted octanol–water partition coefficient (Wildman–Crippen LogP) is 2.17. The Morgan fingerprint density at radius 3 is 2.42 bits per heavy atom. The number of anilines is 2. The van der Waals surface area contributed by atoms with Gasteiger partial charge in [0.2, 0.25) is 0 Å². The van der Waals surface area contributed by atoms with Gasteiger partial charge in [-0.05, 0) is 31.4 Å². The summed E-state index contributed by atoms with van der Waals surface area (Å²) in [5.74, 6) is 1.65. The van der Waals surface area contributed by atoms with Gasteiger partial charge in [0.05, 0.1) is 11.4 Å². The molecule has 7 heteroatoms. The quantitative estimate of drug-likeness (QED) is 0.857. The van der Waals surface area contributed by atoms with Crippen LogP contribution in [0.15, 0.2) is 18.5 Å². The Kier molecular flexibility index (Phi) is 4.00. The van der Waals surface area contributed by atoms with E-state index < -0.39 is 0 Å². The van der Waals surface area contributed by atoms with Crippen LogP contribution in [0.4, 0.5) is 16.0 Å². The summed E-state index contributed by atoms with van der Waals surface area (Å²) in [5.41, 5.74) is 1.58. The van der Waals surface area contributed by atoms with Gasteiger partial charge in [-0.15, -0.1) is 5.10 Å². The summed E-state index contributed by atoms with van der Waals surface area (Å²) in [4.78, 5) is 12.3. The highest BCUT2D eigenvalue weighted by Gasteiger charge is 2.26. The highest BCUT2D eigenvalue weighted by Crippen LogP contribution is 2.38. The molecule has 2 fully saturated rings. The van der Waals surface area contributed by atoms with Crippen molar-refractivity contribution in [1.82, 2.24) is 20.2 Å². The van der Waals surface area contributed by atoms with Gasteiger partial charge in [0.25, 0.3) is 0 Å². The fourth-order valence-electron chi connectivity index (χ4n) is 3.11. The maximum Gasteiger partial charge on any atom is 0.187 e. The highest BCUT2D eigenvalue weighted by atomic mass is 19.1. The molecule has 2 aromatic heterocycles. The number of hydrogen-bond acceptors (Lipinski definition) is 6. The van der Waals surface area contributed by atoms with Gasteiger partial charge in [-0.25, -0.2) is 14.4 Å². The Labute approximate surface area is 140 Å². The number of aromatic nitrogens is 4. The van der Waals surface area contributed by atoms with Crippen molar-refractivity contribution >= 4 is 11.6 Å². The third-order valence-corrected chi connectivity index (χ3v) is 4.75. The molecule has 0 radical (unpaired) electrons. The van der Waals surface area contributed by atoms with Gasteiger partial charge in [-0.1, -0.05) is 6.92 Å². The van der Waals surface area contributed by atoms with Crippen molar-refractivity contribution in [3.05, 3.63) is 35.7 Å². The number of rotatable bonds is 4. The topological polar surface area (TPSA) is 58.0 Å². The molecule has 126 valence electrons. The zero-order valence-electron chi connectivity index (χ0n) is 13.8. The molecule has 0 N–H and O–H groups in total. The minimum Gasteiger partial charge on any atom is -0.352 e. The van der Waals surface area contributed by atoms with Gasteiger partial charge in [0, 0.05) is 32.1 Å². The fraction of sp³-hybridized carbons (Fsp3) is 0.529. The first-order chi connectivity index (χ1) is 11.8. The lowest BCUT2D eigenvalue weighted by Gasteiger charge is -2.36. The molecule has 4 rings (SSSR count). The number of nitrogens with zero attached hydrogens (tertiary/aromatic N) is 6. The van der Waals surface area contributed by atoms with E-state index >= 15 is 0 Å². The third-order valence-electron chi connectivity index (χ3n) is 4.75. The molecule has 0 unspecified atom stereocenters. The first-order valence-corrected chi connectivity index (χ1v) is 8.59.